The van der Waals surface area contributed by atoms with Crippen molar-refractivity contribution in [2.45, 2.75) is 4.90 Å². The Bertz CT molecular complexity index is 806. The van der Waals surface area contributed by atoms with Crippen LogP contribution in [0.2, 0.25) is 0 Å². The highest BCUT2D eigenvalue weighted by molar-refractivity contribution is 8.13. The highest BCUT2D eigenvalue weighted by Crippen LogP contribution is 2.34. The molecule has 0 bridgehead atoms. The van der Waals surface area contributed by atoms with Crippen molar-refractivity contribution in [3.8, 4) is 11.5 Å². The Morgan fingerprint density at radius 1 is 0.909 bits per heavy atom. The molecule has 0 atom stereocenters. The monoisotopic (exact) mass is 340 g/mol. The van der Waals surface area contributed by atoms with Crippen LogP contribution in [0.5, 0.6) is 11.5 Å². The van der Waals surface area contributed by atoms with Crippen molar-refractivity contribution in [1.82, 2.24) is 0 Å². The number of para-hydroxylation sites is 1. The lowest BCUT2D eigenvalue weighted by Crippen LogP contribution is -1.92. The molecule has 0 heterocycles. The van der Waals surface area contributed by atoms with Gasteiger partial charge < -0.3 is 9.47 Å². The summed E-state index contributed by atoms with van der Waals surface area (Å²) in [6.07, 6.45) is 0. The molecular formula is C14H13ClN2O4S. The van der Waals surface area contributed by atoms with Gasteiger partial charge in [-0.15, -0.1) is 10.2 Å². The molecule has 2 rings (SSSR count). The van der Waals surface area contributed by atoms with Crippen LogP contribution in [0.25, 0.3) is 0 Å². The average molecular weight is 341 g/mol. The van der Waals surface area contributed by atoms with Crippen molar-refractivity contribution in [2.75, 3.05) is 14.2 Å². The molecule has 0 saturated carbocycles. The maximum atomic E-state index is 11.3. The van der Waals surface area contributed by atoms with Crippen LogP contribution < -0.4 is 9.47 Å². The Morgan fingerprint density at radius 2 is 1.50 bits per heavy atom. The molecule has 116 valence electrons. The van der Waals surface area contributed by atoms with Crippen LogP contribution >= 0.6 is 10.7 Å². The number of ether oxygens (including phenoxy) is 2. The molecule has 8 heteroatoms. The molecule has 0 spiro atoms. The minimum absolute atomic E-state index is 0.0674. The van der Waals surface area contributed by atoms with E-state index in [2.05, 4.69) is 10.2 Å². The zero-order valence-corrected chi connectivity index (χ0v) is 13.4. The Kier molecular flexibility index (Phi) is 4.99. The number of hydrogen-bond acceptors (Lipinski definition) is 6. The lowest BCUT2D eigenvalue weighted by Gasteiger charge is -2.06. The summed E-state index contributed by atoms with van der Waals surface area (Å²) in [5.74, 6) is 0.825. The van der Waals surface area contributed by atoms with E-state index in [1.165, 1.54) is 32.4 Å². The second-order valence-electron chi connectivity index (χ2n) is 4.14. The highest BCUT2D eigenvalue weighted by Gasteiger charge is 2.13. The van der Waals surface area contributed by atoms with Gasteiger partial charge >= 0.3 is 0 Å². The number of azo groups is 1. The predicted octanol–water partition coefficient (Wildman–Crippen LogP) is 4.05. The largest absolute Gasteiger partial charge is 0.494 e. The predicted molar refractivity (Wildman–Crippen MR) is 83.2 cm³/mol. The van der Waals surface area contributed by atoms with Crippen molar-refractivity contribution < 1.29 is 17.9 Å². The second kappa shape index (κ2) is 6.76. The SMILES string of the molecule is COc1ccccc1/N=N/c1ccc(S(=O)(=O)Cl)cc1OC. The number of nitrogens with zero attached hydrogens (tertiary/aromatic N) is 2. The summed E-state index contributed by atoms with van der Waals surface area (Å²) in [6, 6.07) is 11.2. The van der Waals surface area contributed by atoms with Gasteiger partial charge in [-0.3, -0.25) is 0 Å². The van der Waals surface area contributed by atoms with Crippen LogP contribution in [-0.2, 0) is 9.05 Å². The molecule has 2 aromatic rings. The average Bonchev–Trinajstić information content (AvgIpc) is 2.52. The Balaban J connectivity index is 2.39. The summed E-state index contributed by atoms with van der Waals surface area (Å²) < 4.78 is 32.9. The third-order valence-electron chi connectivity index (χ3n) is 2.78. The van der Waals surface area contributed by atoms with Gasteiger partial charge in [0.1, 0.15) is 22.9 Å². The van der Waals surface area contributed by atoms with Crippen molar-refractivity contribution in [1.29, 1.82) is 0 Å². The first-order valence-corrected chi connectivity index (χ1v) is 8.44. The zero-order chi connectivity index (χ0) is 16.2. The van der Waals surface area contributed by atoms with Gasteiger partial charge in [0.05, 0.1) is 19.1 Å². The van der Waals surface area contributed by atoms with Gasteiger partial charge in [-0.25, -0.2) is 8.42 Å². The molecule has 2 aromatic carbocycles. The van der Waals surface area contributed by atoms with Gasteiger partial charge in [-0.05, 0) is 24.3 Å². The number of halogens is 1. The van der Waals surface area contributed by atoms with Crippen LogP contribution in [0.4, 0.5) is 11.4 Å². The lowest BCUT2D eigenvalue weighted by atomic mass is 10.3. The van der Waals surface area contributed by atoms with Crippen LogP contribution in [0, 0.1) is 0 Å². The first kappa shape index (κ1) is 16.3. The number of methoxy groups -OCH3 is 2. The van der Waals surface area contributed by atoms with Gasteiger partial charge in [0.2, 0.25) is 0 Å². The highest BCUT2D eigenvalue weighted by atomic mass is 35.7. The van der Waals surface area contributed by atoms with E-state index in [1.54, 1.807) is 18.2 Å². The van der Waals surface area contributed by atoms with Crippen LogP contribution in [0.15, 0.2) is 57.6 Å². The summed E-state index contributed by atoms with van der Waals surface area (Å²) in [5.41, 5.74) is 0.915. The summed E-state index contributed by atoms with van der Waals surface area (Å²) in [5, 5.41) is 8.15. The van der Waals surface area contributed by atoms with E-state index in [-0.39, 0.29) is 10.6 Å². The molecule has 0 fully saturated rings. The van der Waals surface area contributed by atoms with E-state index in [9.17, 15) is 8.42 Å². The van der Waals surface area contributed by atoms with Crippen molar-refractivity contribution in [3.63, 3.8) is 0 Å². The summed E-state index contributed by atoms with van der Waals surface area (Å²) in [4.78, 5) is -0.0674. The molecule has 22 heavy (non-hydrogen) atoms. The fourth-order valence-corrected chi connectivity index (χ4v) is 2.48. The smallest absolute Gasteiger partial charge is 0.261 e. The van der Waals surface area contributed by atoms with Gasteiger partial charge in [-0.1, -0.05) is 12.1 Å². The molecule has 0 aromatic heterocycles. The maximum absolute atomic E-state index is 11.3. The Hall–Kier alpha value is -2.12. The van der Waals surface area contributed by atoms with Crippen LogP contribution in [0.1, 0.15) is 0 Å². The van der Waals surface area contributed by atoms with E-state index >= 15 is 0 Å². The summed E-state index contributed by atoms with van der Waals surface area (Å²) >= 11 is 0. The molecule has 6 nitrogen and oxygen atoms in total. The second-order valence-corrected chi connectivity index (χ2v) is 6.71. The van der Waals surface area contributed by atoms with Crippen molar-refractivity contribution in [3.05, 3.63) is 42.5 Å². The molecule has 0 aliphatic heterocycles. The first-order chi connectivity index (χ1) is 10.5. The normalized spacial score (nSPS) is 11.6. The van der Waals surface area contributed by atoms with Gasteiger partial charge in [0.25, 0.3) is 9.05 Å². The van der Waals surface area contributed by atoms with E-state index in [1.807, 2.05) is 6.07 Å². The molecule has 0 saturated heterocycles. The Morgan fingerprint density at radius 3 is 2.09 bits per heavy atom. The minimum Gasteiger partial charge on any atom is -0.494 e. The van der Waals surface area contributed by atoms with E-state index in [0.29, 0.717) is 17.1 Å². The molecule has 0 aliphatic rings. The molecule has 0 unspecified atom stereocenters. The maximum Gasteiger partial charge on any atom is 0.261 e. The Labute approximate surface area is 132 Å². The number of hydrogen-bond donors (Lipinski definition) is 0. The molecular weight excluding hydrogens is 328 g/mol. The van der Waals surface area contributed by atoms with Gasteiger partial charge in [-0.2, -0.15) is 0 Å². The van der Waals surface area contributed by atoms with Gasteiger partial charge in [0, 0.05) is 16.7 Å². The first-order valence-electron chi connectivity index (χ1n) is 6.13. The molecule has 0 N–H and O–H groups in total. The fraction of sp³-hybridized carbons (Fsp3) is 0.143. The summed E-state index contributed by atoms with van der Waals surface area (Å²) in [7, 11) is 4.41. The third-order valence-corrected chi connectivity index (χ3v) is 4.13. The quantitative estimate of drug-likeness (QED) is 0.607. The summed E-state index contributed by atoms with van der Waals surface area (Å²) in [6.45, 7) is 0. The topological polar surface area (TPSA) is 77.3 Å². The van der Waals surface area contributed by atoms with Crippen LogP contribution in [-0.4, -0.2) is 22.6 Å². The third kappa shape index (κ3) is 3.75. The van der Waals surface area contributed by atoms with E-state index in [0.717, 1.165) is 0 Å². The number of benzene rings is 2. The van der Waals surface area contributed by atoms with E-state index < -0.39 is 9.05 Å². The fourth-order valence-electron chi connectivity index (χ4n) is 1.71. The number of rotatable bonds is 5. The van der Waals surface area contributed by atoms with Crippen LogP contribution in [0.3, 0.4) is 0 Å². The standard InChI is InChI=1S/C14H13ClN2O4S/c1-20-13-6-4-3-5-11(13)16-17-12-8-7-10(22(15,18)19)9-14(12)21-2/h3-9H,1-2H3/b17-16+. The van der Waals surface area contributed by atoms with Crippen molar-refractivity contribution in [2.24, 2.45) is 10.2 Å². The van der Waals surface area contributed by atoms with Gasteiger partial charge in [0.15, 0.2) is 0 Å². The zero-order valence-electron chi connectivity index (χ0n) is 11.9. The minimum atomic E-state index is -3.83. The molecule has 0 radical (unpaired) electrons. The van der Waals surface area contributed by atoms with Crippen molar-refractivity contribution >= 4 is 31.1 Å². The van der Waals surface area contributed by atoms with E-state index in [4.69, 9.17) is 20.2 Å². The lowest BCUT2D eigenvalue weighted by molar-refractivity contribution is 0.413. The molecule has 0 amide bonds. The molecule has 0 aliphatic carbocycles.